The number of carbonyl (C=O) groups excluding carboxylic acids is 1. The van der Waals surface area contributed by atoms with Crippen molar-refractivity contribution in [1.29, 1.82) is 0 Å². The second-order valence-electron chi connectivity index (χ2n) is 8.06. The van der Waals surface area contributed by atoms with E-state index in [1.165, 1.54) is 18.9 Å². The van der Waals surface area contributed by atoms with Crippen LogP contribution in [-0.2, 0) is 0 Å². The number of hydrogen-bond donors (Lipinski definition) is 0. The van der Waals surface area contributed by atoms with Gasteiger partial charge in [0.15, 0.2) is 0 Å². The molecule has 6 heteroatoms. The quantitative estimate of drug-likeness (QED) is 0.766. The third-order valence-electron chi connectivity index (χ3n) is 6.25. The maximum atomic E-state index is 14.9. The summed E-state index contributed by atoms with van der Waals surface area (Å²) in [5, 5.41) is 0. The van der Waals surface area contributed by atoms with Gasteiger partial charge in [0.25, 0.3) is 5.91 Å². The van der Waals surface area contributed by atoms with Gasteiger partial charge in [-0.2, -0.15) is 0 Å². The van der Waals surface area contributed by atoms with E-state index in [1.807, 2.05) is 11.0 Å². The van der Waals surface area contributed by atoms with E-state index in [0.29, 0.717) is 24.0 Å². The number of halogens is 1. The number of methoxy groups -OCH3 is 1. The van der Waals surface area contributed by atoms with Gasteiger partial charge in [-0.25, -0.2) is 9.37 Å². The molecule has 2 fully saturated rings. The zero-order chi connectivity index (χ0) is 20.4. The first-order valence-corrected chi connectivity index (χ1v) is 10.4. The lowest BCUT2D eigenvalue weighted by Gasteiger charge is -2.31. The Morgan fingerprint density at radius 2 is 1.97 bits per heavy atom. The lowest BCUT2D eigenvalue weighted by Crippen LogP contribution is -2.44. The number of benzene rings is 1. The highest BCUT2D eigenvalue weighted by Crippen LogP contribution is 2.27. The highest BCUT2D eigenvalue weighted by Gasteiger charge is 2.33. The predicted octanol–water partition coefficient (Wildman–Crippen LogP) is 3.99. The number of carbonyl (C=O) groups is 1. The fraction of sp³-hybridized carbons (Fsp3) is 0.478. The molecule has 29 heavy (non-hydrogen) atoms. The molecular weight excluding hydrogens is 369 g/mol. The Morgan fingerprint density at radius 1 is 1.17 bits per heavy atom. The van der Waals surface area contributed by atoms with E-state index in [0.717, 1.165) is 31.5 Å². The van der Waals surface area contributed by atoms with Crippen molar-refractivity contribution < 1.29 is 13.9 Å². The van der Waals surface area contributed by atoms with Crippen LogP contribution in [0, 0.1) is 5.82 Å². The van der Waals surface area contributed by atoms with Crippen LogP contribution in [0.25, 0.3) is 11.1 Å². The van der Waals surface area contributed by atoms with Crippen LogP contribution in [0.1, 0.15) is 43.0 Å². The summed E-state index contributed by atoms with van der Waals surface area (Å²) in [6, 6.07) is 9.12. The average Bonchev–Trinajstić information content (AvgIpc) is 3.37. The van der Waals surface area contributed by atoms with Gasteiger partial charge in [-0.15, -0.1) is 0 Å². The number of pyridine rings is 1. The molecular formula is C23H28FN3O2. The normalized spacial score (nSPS) is 22.2. The Bertz CT molecular complexity index is 871. The number of rotatable bonds is 5. The van der Waals surface area contributed by atoms with Gasteiger partial charge < -0.3 is 9.64 Å². The first-order chi connectivity index (χ1) is 14.1. The number of ether oxygens (including phenoxy) is 1. The second-order valence-corrected chi connectivity index (χ2v) is 8.06. The average molecular weight is 397 g/mol. The van der Waals surface area contributed by atoms with Gasteiger partial charge in [0.05, 0.1) is 12.7 Å². The van der Waals surface area contributed by atoms with E-state index in [4.69, 9.17) is 4.74 Å². The summed E-state index contributed by atoms with van der Waals surface area (Å²) in [6.07, 6.45) is 6.06. The Balaban J connectivity index is 1.50. The lowest BCUT2D eigenvalue weighted by molar-refractivity contribution is 0.0692. The van der Waals surface area contributed by atoms with Crippen LogP contribution < -0.4 is 4.74 Å². The van der Waals surface area contributed by atoms with Crippen LogP contribution in [0.3, 0.4) is 0 Å². The third kappa shape index (κ3) is 4.13. The fourth-order valence-electron chi connectivity index (χ4n) is 4.52. The molecule has 1 aromatic heterocycles. The minimum Gasteiger partial charge on any atom is -0.481 e. The van der Waals surface area contributed by atoms with Crippen molar-refractivity contribution in [2.75, 3.05) is 26.7 Å². The van der Waals surface area contributed by atoms with Gasteiger partial charge in [0, 0.05) is 43.0 Å². The van der Waals surface area contributed by atoms with E-state index < -0.39 is 5.82 Å². The molecule has 0 saturated carbocycles. The molecule has 0 unspecified atom stereocenters. The van der Waals surface area contributed by atoms with E-state index in [2.05, 4.69) is 16.8 Å². The molecule has 5 nitrogen and oxygen atoms in total. The molecule has 2 atom stereocenters. The first-order valence-electron chi connectivity index (χ1n) is 10.4. The molecule has 0 aliphatic carbocycles. The summed E-state index contributed by atoms with van der Waals surface area (Å²) >= 11 is 0. The highest BCUT2D eigenvalue weighted by molar-refractivity contribution is 5.95. The smallest absolute Gasteiger partial charge is 0.257 e. The molecule has 0 N–H and O–H groups in total. The summed E-state index contributed by atoms with van der Waals surface area (Å²) in [4.78, 5) is 21.6. The third-order valence-corrected chi connectivity index (χ3v) is 6.25. The zero-order valence-electron chi connectivity index (χ0n) is 17.1. The van der Waals surface area contributed by atoms with Gasteiger partial charge >= 0.3 is 0 Å². The van der Waals surface area contributed by atoms with Gasteiger partial charge in [-0.1, -0.05) is 6.07 Å². The Morgan fingerprint density at radius 3 is 2.62 bits per heavy atom. The zero-order valence-corrected chi connectivity index (χ0v) is 17.1. The number of hydrogen-bond acceptors (Lipinski definition) is 4. The standard InChI is InChI=1S/C23H28FN3O2/c1-16-5-3-11-26(16)15-19-6-4-12-27(19)23(28)20-9-7-17(13-21(20)24)18-8-10-22(29-2)25-14-18/h7-10,13-14,16,19H,3-6,11-12,15H2,1-2H3/t16-,19+/m1/s1. The molecule has 0 radical (unpaired) electrons. The molecule has 2 aromatic rings. The minimum atomic E-state index is -0.483. The Kier molecular flexibility index (Phi) is 5.81. The Hall–Kier alpha value is -2.47. The van der Waals surface area contributed by atoms with Crippen LogP contribution in [0.2, 0.25) is 0 Å². The highest BCUT2D eigenvalue weighted by atomic mass is 19.1. The van der Waals surface area contributed by atoms with Crippen LogP contribution in [-0.4, -0.2) is 59.5 Å². The van der Waals surface area contributed by atoms with Crippen LogP contribution in [0.15, 0.2) is 36.5 Å². The molecule has 2 saturated heterocycles. The van der Waals surface area contributed by atoms with Crippen LogP contribution >= 0.6 is 0 Å². The van der Waals surface area contributed by atoms with E-state index in [9.17, 15) is 9.18 Å². The van der Waals surface area contributed by atoms with Gasteiger partial charge in [0.2, 0.25) is 5.88 Å². The summed E-state index contributed by atoms with van der Waals surface area (Å²) in [7, 11) is 1.55. The maximum Gasteiger partial charge on any atom is 0.257 e. The van der Waals surface area contributed by atoms with E-state index in [-0.39, 0.29) is 17.5 Å². The van der Waals surface area contributed by atoms with Gasteiger partial charge in [-0.3, -0.25) is 9.69 Å². The lowest BCUT2D eigenvalue weighted by atomic mass is 10.0. The number of aromatic nitrogens is 1. The van der Waals surface area contributed by atoms with Crippen molar-refractivity contribution in [2.24, 2.45) is 0 Å². The summed E-state index contributed by atoms with van der Waals surface area (Å²) < 4.78 is 19.9. The number of likely N-dealkylation sites (tertiary alicyclic amines) is 2. The Labute approximate surface area is 171 Å². The largest absolute Gasteiger partial charge is 0.481 e. The van der Waals surface area contributed by atoms with Crippen molar-refractivity contribution in [1.82, 2.24) is 14.8 Å². The molecule has 0 bridgehead atoms. The molecule has 3 heterocycles. The fourth-order valence-corrected chi connectivity index (χ4v) is 4.52. The molecule has 154 valence electrons. The summed E-state index contributed by atoms with van der Waals surface area (Å²) in [5.41, 5.74) is 1.63. The molecule has 4 rings (SSSR count). The first kappa shape index (κ1) is 19.8. The van der Waals surface area contributed by atoms with Crippen LogP contribution in [0.4, 0.5) is 4.39 Å². The molecule has 1 aromatic carbocycles. The van der Waals surface area contributed by atoms with E-state index in [1.54, 1.807) is 31.5 Å². The topological polar surface area (TPSA) is 45.7 Å². The predicted molar refractivity (Wildman–Crippen MR) is 111 cm³/mol. The van der Waals surface area contributed by atoms with Crippen LogP contribution in [0.5, 0.6) is 5.88 Å². The monoisotopic (exact) mass is 397 g/mol. The minimum absolute atomic E-state index is 0.150. The second kappa shape index (κ2) is 8.49. The molecule has 2 aliphatic rings. The SMILES string of the molecule is COc1ccc(-c2ccc(C(=O)N3CCC[C@H]3CN3CCC[C@H]3C)c(F)c2)cn1. The summed E-state index contributed by atoms with van der Waals surface area (Å²) in [5.74, 6) is -0.173. The van der Waals surface area contributed by atoms with Gasteiger partial charge in [0.1, 0.15) is 5.82 Å². The number of amides is 1. The van der Waals surface area contributed by atoms with Crippen molar-refractivity contribution in [3.8, 4) is 17.0 Å². The van der Waals surface area contributed by atoms with Crippen molar-refractivity contribution in [3.63, 3.8) is 0 Å². The molecule has 0 spiro atoms. The maximum absolute atomic E-state index is 14.9. The summed E-state index contributed by atoms with van der Waals surface area (Å²) in [6.45, 7) is 4.94. The van der Waals surface area contributed by atoms with Crippen molar-refractivity contribution >= 4 is 5.91 Å². The van der Waals surface area contributed by atoms with E-state index >= 15 is 0 Å². The van der Waals surface area contributed by atoms with Crippen molar-refractivity contribution in [2.45, 2.75) is 44.7 Å². The van der Waals surface area contributed by atoms with Crippen molar-refractivity contribution in [3.05, 3.63) is 47.9 Å². The molecule has 2 aliphatic heterocycles. The van der Waals surface area contributed by atoms with Gasteiger partial charge in [-0.05, 0) is 62.9 Å². The number of nitrogens with zero attached hydrogens (tertiary/aromatic N) is 3. The molecule has 1 amide bonds.